The third kappa shape index (κ3) is 6.63. The zero-order chi connectivity index (χ0) is 14.1. The van der Waals surface area contributed by atoms with Crippen molar-refractivity contribution in [1.29, 1.82) is 0 Å². The van der Waals surface area contributed by atoms with Gasteiger partial charge in [0, 0.05) is 19.3 Å². The lowest BCUT2D eigenvalue weighted by atomic mass is 10.1. The first-order chi connectivity index (χ1) is 9.13. The van der Waals surface area contributed by atoms with E-state index >= 15 is 0 Å². The molecule has 1 aromatic rings. The minimum atomic E-state index is 0.750. The molecular weight excluding hydrogens is 232 g/mol. The normalized spacial score (nSPS) is 11.0. The summed E-state index contributed by atoms with van der Waals surface area (Å²) in [7, 11) is 2.18. The van der Waals surface area contributed by atoms with E-state index in [2.05, 4.69) is 62.3 Å². The van der Waals surface area contributed by atoms with Crippen LogP contribution in [0.4, 0.5) is 5.69 Å². The Balaban J connectivity index is 2.17. The van der Waals surface area contributed by atoms with E-state index in [9.17, 15) is 0 Å². The van der Waals surface area contributed by atoms with Gasteiger partial charge >= 0.3 is 0 Å². The number of hydrogen-bond acceptors (Lipinski definition) is 2. The molecule has 0 amide bonds. The monoisotopic (exact) mass is 262 g/mol. The summed E-state index contributed by atoms with van der Waals surface area (Å²) in [6, 6.07) is 8.93. The highest BCUT2D eigenvalue weighted by molar-refractivity contribution is 5.46. The molecule has 0 bridgehead atoms. The molecule has 1 aromatic carbocycles. The predicted octanol–water partition coefficient (Wildman–Crippen LogP) is 3.71. The maximum absolute atomic E-state index is 3.49. The SMILES string of the molecule is CCc1ccc(N(C)CCCCNCC(C)C)cc1. The van der Waals surface area contributed by atoms with Crippen molar-refractivity contribution in [2.75, 3.05) is 31.6 Å². The molecular formula is C17H30N2. The van der Waals surface area contributed by atoms with Gasteiger partial charge in [0.2, 0.25) is 0 Å². The molecule has 0 radical (unpaired) electrons. The second-order valence-electron chi connectivity index (χ2n) is 5.75. The van der Waals surface area contributed by atoms with Crippen LogP contribution in [0.25, 0.3) is 0 Å². The van der Waals surface area contributed by atoms with Crippen LogP contribution < -0.4 is 10.2 Å². The van der Waals surface area contributed by atoms with Crippen LogP contribution in [-0.2, 0) is 6.42 Å². The molecule has 2 heteroatoms. The summed E-state index contributed by atoms with van der Waals surface area (Å²) in [5.41, 5.74) is 2.74. The number of unbranched alkanes of at least 4 members (excludes halogenated alkanes) is 1. The highest BCUT2D eigenvalue weighted by Gasteiger charge is 2.00. The van der Waals surface area contributed by atoms with Crippen LogP contribution in [0.15, 0.2) is 24.3 Å². The van der Waals surface area contributed by atoms with Gasteiger partial charge in [-0.3, -0.25) is 0 Å². The average molecular weight is 262 g/mol. The fourth-order valence-electron chi connectivity index (χ4n) is 2.10. The van der Waals surface area contributed by atoms with Crippen molar-refractivity contribution < 1.29 is 0 Å². The molecule has 0 spiro atoms. The van der Waals surface area contributed by atoms with E-state index in [1.165, 1.54) is 24.1 Å². The molecule has 0 aliphatic carbocycles. The Labute approximate surface area is 119 Å². The first-order valence-electron chi connectivity index (χ1n) is 7.64. The summed E-state index contributed by atoms with van der Waals surface area (Å²) in [6.07, 6.45) is 3.62. The van der Waals surface area contributed by atoms with Gasteiger partial charge in [-0.1, -0.05) is 32.9 Å². The van der Waals surface area contributed by atoms with E-state index in [-0.39, 0.29) is 0 Å². The number of benzene rings is 1. The van der Waals surface area contributed by atoms with Crippen molar-refractivity contribution in [3.63, 3.8) is 0 Å². The Kier molecular flexibility index (Phi) is 7.57. The second kappa shape index (κ2) is 8.98. The molecule has 0 atom stereocenters. The van der Waals surface area contributed by atoms with Gasteiger partial charge in [0.15, 0.2) is 0 Å². The van der Waals surface area contributed by atoms with Crippen LogP contribution in [-0.4, -0.2) is 26.7 Å². The summed E-state index contributed by atoms with van der Waals surface area (Å²) in [4.78, 5) is 2.35. The first kappa shape index (κ1) is 16.0. The summed E-state index contributed by atoms with van der Waals surface area (Å²) in [5, 5.41) is 3.49. The van der Waals surface area contributed by atoms with E-state index in [0.29, 0.717) is 0 Å². The molecule has 108 valence electrons. The zero-order valence-electron chi connectivity index (χ0n) is 13.1. The van der Waals surface area contributed by atoms with Crippen LogP contribution in [0.1, 0.15) is 39.2 Å². The molecule has 0 heterocycles. The van der Waals surface area contributed by atoms with Crippen molar-refractivity contribution in [3.05, 3.63) is 29.8 Å². The van der Waals surface area contributed by atoms with Crippen LogP contribution in [0.2, 0.25) is 0 Å². The summed E-state index contributed by atoms with van der Waals surface area (Å²) >= 11 is 0. The van der Waals surface area contributed by atoms with Crippen LogP contribution in [0.3, 0.4) is 0 Å². The molecule has 0 unspecified atom stereocenters. The van der Waals surface area contributed by atoms with E-state index in [1.807, 2.05) is 0 Å². The zero-order valence-corrected chi connectivity index (χ0v) is 13.1. The van der Waals surface area contributed by atoms with Crippen molar-refractivity contribution in [1.82, 2.24) is 5.32 Å². The molecule has 0 fully saturated rings. The summed E-state index contributed by atoms with van der Waals surface area (Å²) < 4.78 is 0. The van der Waals surface area contributed by atoms with Gasteiger partial charge in [0.05, 0.1) is 0 Å². The van der Waals surface area contributed by atoms with Crippen molar-refractivity contribution in [2.24, 2.45) is 5.92 Å². The Morgan fingerprint density at radius 3 is 2.37 bits per heavy atom. The molecule has 0 saturated heterocycles. The lowest BCUT2D eigenvalue weighted by Gasteiger charge is -2.19. The fourth-order valence-corrected chi connectivity index (χ4v) is 2.10. The number of hydrogen-bond donors (Lipinski definition) is 1. The second-order valence-corrected chi connectivity index (χ2v) is 5.75. The molecule has 1 N–H and O–H groups in total. The fraction of sp³-hybridized carbons (Fsp3) is 0.647. The highest BCUT2D eigenvalue weighted by atomic mass is 15.1. The quantitative estimate of drug-likeness (QED) is 0.683. The molecule has 1 rings (SSSR count). The van der Waals surface area contributed by atoms with Gasteiger partial charge in [-0.25, -0.2) is 0 Å². The highest BCUT2D eigenvalue weighted by Crippen LogP contribution is 2.14. The minimum Gasteiger partial charge on any atom is -0.375 e. The van der Waals surface area contributed by atoms with Gasteiger partial charge in [-0.15, -0.1) is 0 Å². The molecule has 0 saturated carbocycles. The van der Waals surface area contributed by atoms with Crippen LogP contribution in [0.5, 0.6) is 0 Å². The standard InChI is InChI=1S/C17H30N2/c1-5-16-8-10-17(11-9-16)19(4)13-7-6-12-18-14-15(2)3/h8-11,15,18H,5-7,12-14H2,1-4H3. The van der Waals surface area contributed by atoms with E-state index < -0.39 is 0 Å². The van der Waals surface area contributed by atoms with E-state index in [4.69, 9.17) is 0 Å². The number of nitrogens with one attached hydrogen (secondary N) is 1. The topological polar surface area (TPSA) is 15.3 Å². The Bertz CT molecular complexity index is 330. The van der Waals surface area contributed by atoms with Gasteiger partial charge < -0.3 is 10.2 Å². The van der Waals surface area contributed by atoms with Gasteiger partial charge in [-0.05, 0) is 56.0 Å². The smallest absolute Gasteiger partial charge is 0.0363 e. The van der Waals surface area contributed by atoms with Crippen molar-refractivity contribution in [3.8, 4) is 0 Å². The first-order valence-corrected chi connectivity index (χ1v) is 7.64. The van der Waals surface area contributed by atoms with Crippen LogP contribution >= 0.6 is 0 Å². The maximum atomic E-state index is 3.49. The third-order valence-electron chi connectivity index (χ3n) is 3.44. The van der Waals surface area contributed by atoms with Gasteiger partial charge in [0.1, 0.15) is 0 Å². The number of rotatable bonds is 9. The van der Waals surface area contributed by atoms with Gasteiger partial charge in [-0.2, -0.15) is 0 Å². The Morgan fingerprint density at radius 2 is 1.79 bits per heavy atom. The molecule has 2 nitrogen and oxygen atoms in total. The molecule has 0 aliphatic heterocycles. The Hall–Kier alpha value is -1.02. The van der Waals surface area contributed by atoms with E-state index in [0.717, 1.165) is 32.0 Å². The third-order valence-corrected chi connectivity index (χ3v) is 3.44. The average Bonchev–Trinajstić information content (AvgIpc) is 2.42. The van der Waals surface area contributed by atoms with Crippen LogP contribution in [0, 0.1) is 5.92 Å². The largest absolute Gasteiger partial charge is 0.375 e. The van der Waals surface area contributed by atoms with Gasteiger partial charge in [0.25, 0.3) is 0 Å². The van der Waals surface area contributed by atoms with E-state index in [1.54, 1.807) is 0 Å². The number of aryl methyl sites for hydroxylation is 1. The maximum Gasteiger partial charge on any atom is 0.0363 e. The molecule has 19 heavy (non-hydrogen) atoms. The summed E-state index contributed by atoms with van der Waals surface area (Å²) in [5.74, 6) is 0.750. The molecule has 0 aromatic heterocycles. The number of nitrogens with zero attached hydrogens (tertiary/aromatic N) is 1. The predicted molar refractivity (Wildman–Crippen MR) is 86.0 cm³/mol. The number of anilines is 1. The Morgan fingerprint density at radius 1 is 1.11 bits per heavy atom. The minimum absolute atomic E-state index is 0.750. The van der Waals surface area contributed by atoms with Crippen molar-refractivity contribution >= 4 is 5.69 Å². The summed E-state index contributed by atoms with van der Waals surface area (Å²) in [6.45, 7) is 10.1. The van der Waals surface area contributed by atoms with Crippen molar-refractivity contribution in [2.45, 2.75) is 40.0 Å². The lowest BCUT2D eigenvalue weighted by Crippen LogP contribution is -2.23. The lowest BCUT2D eigenvalue weighted by molar-refractivity contribution is 0.535. The molecule has 0 aliphatic rings.